The first-order chi connectivity index (χ1) is 12.2. The summed E-state index contributed by atoms with van der Waals surface area (Å²) in [6, 6.07) is 3.41. The Hall–Kier alpha value is -1.64. The Bertz CT molecular complexity index is 711. The molecule has 2 atom stereocenters. The number of carbonyl (C=O) groups is 2. The van der Waals surface area contributed by atoms with Gasteiger partial charge < -0.3 is 14.6 Å². The SMILES string of the molecule is CC(C)(C)[S@@+]([O-])N[C@@H]1c2ccc(C=O)nc2CC12CCN(C(=O)O)CC2. The molecular weight excluding hydrogens is 354 g/mol. The van der Waals surface area contributed by atoms with Crippen LogP contribution < -0.4 is 4.72 Å². The van der Waals surface area contributed by atoms with E-state index in [2.05, 4.69) is 9.71 Å². The molecule has 3 rings (SSSR count). The number of amides is 1. The average Bonchev–Trinajstić information content (AvgIpc) is 2.86. The van der Waals surface area contributed by atoms with E-state index < -0.39 is 22.2 Å². The maximum Gasteiger partial charge on any atom is 0.407 e. The highest BCUT2D eigenvalue weighted by atomic mass is 32.2. The number of rotatable bonds is 3. The Kier molecular flexibility index (Phi) is 5.02. The molecule has 1 aliphatic carbocycles. The fourth-order valence-corrected chi connectivity index (χ4v) is 4.79. The van der Waals surface area contributed by atoms with Crippen molar-refractivity contribution in [2.24, 2.45) is 5.41 Å². The third kappa shape index (κ3) is 3.45. The van der Waals surface area contributed by atoms with Crippen LogP contribution in [0.3, 0.4) is 0 Å². The zero-order valence-electron chi connectivity index (χ0n) is 15.3. The van der Waals surface area contributed by atoms with Gasteiger partial charge >= 0.3 is 6.09 Å². The quantitative estimate of drug-likeness (QED) is 0.617. The van der Waals surface area contributed by atoms with Crippen LogP contribution in [-0.2, 0) is 17.8 Å². The van der Waals surface area contributed by atoms with Crippen LogP contribution in [0.25, 0.3) is 0 Å². The summed E-state index contributed by atoms with van der Waals surface area (Å²) in [5.41, 5.74) is 1.97. The summed E-state index contributed by atoms with van der Waals surface area (Å²) >= 11 is -1.26. The summed E-state index contributed by atoms with van der Waals surface area (Å²) in [4.78, 5) is 28.2. The number of carboxylic acid groups (broad SMARTS) is 1. The van der Waals surface area contributed by atoms with Gasteiger partial charge in [0.25, 0.3) is 0 Å². The maximum atomic E-state index is 12.8. The highest BCUT2D eigenvalue weighted by molar-refractivity contribution is 7.90. The summed E-state index contributed by atoms with van der Waals surface area (Å²) in [7, 11) is 0. The highest BCUT2D eigenvalue weighted by Gasteiger charge is 2.51. The molecule has 142 valence electrons. The molecular formula is C18H25N3O4S. The molecule has 2 N–H and O–H groups in total. The van der Waals surface area contributed by atoms with Gasteiger partial charge in [-0.3, -0.25) is 4.79 Å². The summed E-state index contributed by atoms with van der Waals surface area (Å²) in [6.45, 7) is 6.65. The van der Waals surface area contributed by atoms with Gasteiger partial charge in [0.15, 0.2) is 6.29 Å². The number of nitrogens with zero attached hydrogens (tertiary/aromatic N) is 2. The Balaban J connectivity index is 1.93. The van der Waals surface area contributed by atoms with Crippen molar-refractivity contribution in [3.63, 3.8) is 0 Å². The first-order valence-electron chi connectivity index (χ1n) is 8.77. The highest BCUT2D eigenvalue weighted by Crippen LogP contribution is 2.52. The van der Waals surface area contributed by atoms with Crippen molar-refractivity contribution in [3.05, 3.63) is 29.1 Å². The van der Waals surface area contributed by atoms with Crippen LogP contribution in [0, 0.1) is 5.41 Å². The molecule has 1 amide bonds. The third-order valence-electron chi connectivity index (χ3n) is 5.41. The average molecular weight is 379 g/mol. The number of hydrogen-bond acceptors (Lipinski definition) is 5. The molecule has 1 aliphatic heterocycles. The fraction of sp³-hybridized carbons (Fsp3) is 0.611. The normalized spacial score (nSPS) is 22.9. The van der Waals surface area contributed by atoms with Gasteiger partial charge in [0.1, 0.15) is 10.4 Å². The van der Waals surface area contributed by atoms with Gasteiger partial charge in [-0.2, -0.15) is 0 Å². The van der Waals surface area contributed by atoms with Crippen LogP contribution in [0.15, 0.2) is 12.1 Å². The van der Waals surface area contributed by atoms with Crippen LogP contribution in [-0.4, -0.2) is 49.8 Å². The number of carbonyl (C=O) groups excluding carboxylic acids is 1. The van der Waals surface area contributed by atoms with Gasteiger partial charge in [-0.05, 0) is 51.7 Å². The van der Waals surface area contributed by atoms with E-state index in [0.29, 0.717) is 38.0 Å². The molecule has 1 aromatic rings. The molecule has 7 nitrogen and oxygen atoms in total. The van der Waals surface area contributed by atoms with Crippen LogP contribution in [0.2, 0.25) is 0 Å². The molecule has 0 unspecified atom stereocenters. The maximum absolute atomic E-state index is 12.8. The molecule has 0 aromatic carbocycles. The molecule has 0 saturated carbocycles. The molecule has 1 saturated heterocycles. The number of piperidine rings is 1. The van der Waals surface area contributed by atoms with Crippen LogP contribution in [0.4, 0.5) is 4.79 Å². The largest absolute Gasteiger partial charge is 0.598 e. The zero-order valence-corrected chi connectivity index (χ0v) is 16.1. The second-order valence-electron chi connectivity index (χ2n) is 8.13. The summed E-state index contributed by atoms with van der Waals surface area (Å²) < 4.78 is 15.7. The first-order valence-corrected chi connectivity index (χ1v) is 9.92. The van der Waals surface area contributed by atoms with Crippen molar-refractivity contribution in [2.75, 3.05) is 13.1 Å². The van der Waals surface area contributed by atoms with Gasteiger partial charge in [-0.25, -0.2) is 9.78 Å². The lowest BCUT2D eigenvalue weighted by Gasteiger charge is -2.42. The smallest absolute Gasteiger partial charge is 0.407 e. The van der Waals surface area contributed by atoms with Crippen molar-refractivity contribution in [1.82, 2.24) is 14.6 Å². The summed E-state index contributed by atoms with van der Waals surface area (Å²) in [5.74, 6) is 0. The van der Waals surface area contributed by atoms with E-state index >= 15 is 0 Å². The molecule has 26 heavy (non-hydrogen) atoms. The van der Waals surface area contributed by atoms with E-state index in [0.717, 1.165) is 17.5 Å². The predicted octanol–water partition coefficient (Wildman–Crippen LogP) is 2.30. The topological polar surface area (TPSA) is 106 Å². The molecule has 1 spiro atoms. The van der Waals surface area contributed by atoms with Gasteiger partial charge in [0.2, 0.25) is 0 Å². The number of aldehydes is 1. The minimum atomic E-state index is -1.26. The van der Waals surface area contributed by atoms with Crippen molar-refractivity contribution >= 4 is 23.7 Å². The second-order valence-corrected chi connectivity index (χ2v) is 10.1. The Morgan fingerprint density at radius 3 is 2.62 bits per heavy atom. The fourth-order valence-electron chi connectivity index (χ4n) is 3.85. The van der Waals surface area contributed by atoms with Gasteiger partial charge in [0, 0.05) is 35.6 Å². The van der Waals surface area contributed by atoms with Gasteiger partial charge in [-0.1, -0.05) is 6.07 Å². The number of nitrogens with one attached hydrogen (secondary N) is 1. The van der Waals surface area contributed by atoms with Gasteiger partial charge in [-0.15, -0.1) is 4.72 Å². The van der Waals surface area contributed by atoms with E-state index in [1.807, 2.05) is 26.8 Å². The third-order valence-corrected chi connectivity index (χ3v) is 6.97. The Morgan fingerprint density at radius 1 is 1.42 bits per heavy atom. The molecule has 1 aromatic heterocycles. The first kappa shape index (κ1) is 19.1. The number of aromatic nitrogens is 1. The summed E-state index contributed by atoms with van der Waals surface area (Å²) in [5, 5.41) is 9.24. The molecule has 8 heteroatoms. The molecule has 2 heterocycles. The minimum Gasteiger partial charge on any atom is -0.598 e. The molecule has 1 fully saturated rings. The van der Waals surface area contributed by atoms with E-state index in [1.165, 1.54) is 4.90 Å². The van der Waals surface area contributed by atoms with Crippen molar-refractivity contribution in [2.45, 2.75) is 50.8 Å². The lowest BCUT2D eigenvalue weighted by atomic mass is 9.73. The number of hydrogen-bond donors (Lipinski definition) is 2. The van der Waals surface area contributed by atoms with E-state index in [1.54, 1.807) is 6.07 Å². The number of fused-ring (bicyclic) bond motifs is 1. The standard InChI is InChI=1S/C18H25N3O4S/c1-17(2,3)26(25)20-15-13-5-4-12(11-22)19-14(13)10-18(15)6-8-21(9-7-18)16(23)24/h4-5,11,15,20H,6-10H2,1-3H3,(H,23,24)/t15-,26-/m1/s1. The van der Waals surface area contributed by atoms with E-state index in [9.17, 15) is 19.2 Å². The number of pyridine rings is 1. The van der Waals surface area contributed by atoms with E-state index in [-0.39, 0.29) is 11.5 Å². The zero-order chi connectivity index (χ0) is 19.1. The van der Waals surface area contributed by atoms with Crippen LogP contribution >= 0.6 is 0 Å². The lowest BCUT2D eigenvalue weighted by molar-refractivity contribution is 0.0762. The van der Waals surface area contributed by atoms with Gasteiger partial charge in [0.05, 0.1) is 6.04 Å². The minimum absolute atomic E-state index is 0.165. The van der Waals surface area contributed by atoms with Crippen molar-refractivity contribution in [1.29, 1.82) is 0 Å². The van der Waals surface area contributed by atoms with E-state index in [4.69, 9.17) is 0 Å². The Labute approximate surface area is 156 Å². The molecule has 2 aliphatic rings. The predicted molar refractivity (Wildman–Crippen MR) is 98.4 cm³/mol. The van der Waals surface area contributed by atoms with Crippen molar-refractivity contribution in [3.8, 4) is 0 Å². The molecule has 0 bridgehead atoms. The monoisotopic (exact) mass is 379 g/mol. The van der Waals surface area contributed by atoms with Crippen LogP contribution in [0.1, 0.15) is 61.4 Å². The molecule has 0 radical (unpaired) electrons. The van der Waals surface area contributed by atoms with Crippen molar-refractivity contribution < 1.29 is 19.2 Å². The lowest BCUT2D eigenvalue weighted by Crippen LogP contribution is -2.50. The summed E-state index contributed by atoms with van der Waals surface area (Å²) in [6.07, 6.45) is 1.83. The number of likely N-dealkylation sites (tertiary alicyclic amines) is 1. The second kappa shape index (κ2) is 6.83. The van der Waals surface area contributed by atoms with Crippen LogP contribution in [0.5, 0.6) is 0 Å². The Morgan fingerprint density at radius 2 is 2.08 bits per heavy atom.